The molecule has 0 aliphatic heterocycles. The Morgan fingerprint density at radius 2 is 1.53 bits per heavy atom. The largest absolute Gasteiger partial charge is 0.207 e. The molecule has 1 aliphatic rings. The molecule has 0 aromatic heterocycles. The van der Waals surface area contributed by atoms with Crippen molar-refractivity contribution in [1.82, 2.24) is 0 Å². The van der Waals surface area contributed by atoms with E-state index >= 15 is 0 Å². The molecule has 2 rings (SSSR count). The van der Waals surface area contributed by atoms with Crippen LogP contribution in [-0.2, 0) is 0 Å². The monoisotopic (exact) mass is 238 g/mol. The van der Waals surface area contributed by atoms with E-state index < -0.39 is 0 Å². The maximum atomic E-state index is 13.7. The van der Waals surface area contributed by atoms with Crippen LogP contribution in [-0.4, -0.2) is 0 Å². The summed E-state index contributed by atoms with van der Waals surface area (Å²) >= 11 is 0. The van der Waals surface area contributed by atoms with Crippen LogP contribution >= 0.6 is 0 Å². The fraction of sp³-hybridized carbons (Fsp3) is 0.600. The fourth-order valence-corrected chi connectivity index (χ4v) is 2.98. The minimum absolute atomic E-state index is 0.0752. The molecule has 0 bridgehead atoms. The molecule has 0 spiro atoms. The van der Waals surface area contributed by atoms with E-state index in [9.17, 15) is 8.78 Å². The lowest BCUT2D eigenvalue weighted by molar-refractivity contribution is 0.254. The lowest BCUT2D eigenvalue weighted by atomic mass is 9.74. The summed E-state index contributed by atoms with van der Waals surface area (Å²) < 4.78 is 27.3. The molecule has 2 heteroatoms. The Hall–Kier alpha value is -0.920. The van der Waals surface area contributed by atoms with Gasteiger partial charge in [-0.05, 0) is 55.6 Å². The molecular weight excluding hydrogens is 218 g/mol. The van der Waals surface area contributed by atoms with Gasteiger partial charge < -0.3 is 0 Å². The number of benzene rings is 1. The van der Waals surface area contributed by atoms with Crippen LogP contribution in [0.1, 0.15) is 51.0 Å². The third-order valence-electron chi connectivity index (χ3n) is 4.12. The molecule has 0 atom stereocenters. The maximum absolute atomic E-state index is 13.7. The van der Waals surface area contributed by atoms with Crippen molar-refractivity contribution in [3.05, 3.63) is 35.4 Å². The molecule has 0 nitrogen and oxygen atoms in total. The standard InChI is InChI=1S/C15H20F2/c1-10(2)11-6-8-12(9-7-11)15-13(16)4-3-5-14(15)17/h3-5,10-12H,6-9H2,1-2H3. The molecule has 0 heterocycles. The van der Waals surface area contributed by atoms with Gasteiger partial charge in [0.15, 0.2) is 0 Å². The van der Waals surface area contributed by atoms with Crippen LogP contribution in [0.15, 0.2) is 18.2 Å². The summed E-state index contributed by atoms with van der Waals surface area (Å²) in [5.74, 6) is 0.727. The molecule has 1 saturated carbocycles. The second kappa shape index (κ2) is 5.16. The van der Waals surface area contributed by atoms with Crippen molar-refractivity contribution in [2.75, 3.05) is 0 Å². The Bertz CT molecular complexity index is 356. The Balaban J connectivity index is 2.11. The number of rotatable bonds is 2. The smallest absolute Gasteiger partial charge is 0.129 e. The van der Waals surface area contributed by atoms with Crippen LogP contribution in [0.4, 0.5) is 8.78 Å². The van der Waals surface area contributed by atoms with E-state index in [1.807, 2.05) is 0 Å². The summed E-state index contributed by atoms with van der Waals surface area (Å²) in [6.45, 7) is 4.46. The molecule has 94 valence electrons. The average molecular weight is 238 g/mol. The normalized spacial score (nSPS) is 25.2. The molecule has 1 aromatic carbocycles. The quantitative estimate of drug-likeness (QED) is 0.687. The molecule has 1 aliphatic carbocycles. The van der Waals surface area contributed by atoms with Gasteiger partial charge in [0, 0.05) is 5.56 Å². The average Bonchev–Trinajstić information content (AvgIpc) is 2.29. The van der Waals surface area contributed by atoms with E-state index in [2.05, 4.69) is 13.8 Å². The number of hydrogen-bond acceptors (Lipinski definition) is 0. The van der Waals surface area contributed by atoms with Crippen LogP contribution in [0.25, 0.3) is 0 Å². The van der Waals surface area contributed by atoms with E-state index in [1.54, 1.807) is 0 Å². The fourth-order valence-electron chi connectivity index (χ4n) is 2.98. The van der Waals surface area contributed by atoms with Gasteiger partial charge in [-0.2, -0.15) is 0 Å². The molecule has 0 amide bonds. The third kappa shape index (κ3) is 2.67. The Morgan fingerprint density at radius 1 is 1.00 bits per heavy atom. The van der Waals surface area contributed by atoms with Crippen molar-refractivity contribution in [2.24, 2.45) is 11.8 Å². The lowest BCUT2D eigenvalue weighted by Gasteiger charge is -2.31. The van der Waals surface area contributed by atoms with Crippen molar-refractivity contribution in [3.8, 4) is 0 Å². The first-order valence-corrected chi connectivity index (χ1v) is 6.53. The zero-order valence-corrected chi connectivity index (χ0v) is 10.5. The minimum Gasteiger partial charge on any atom is -0.207 e. The zero-order valence-electron chi connectivity index (χ0n) is 10.5. The number of hydrogen-bond donors (Lipinski definition) is 0. The summed E-state index contributed by atoms with van der Waals surface area (Å²) in [6, 6.07) is 4.17. The highest BCUT2D eigenvalue weighted by Crippen LogP contribution is 2.40. The van der Waals surface area contributed by atoms with E-state index in [-0.39, 0.29) is 17.6 Å². The van der Waals surface area contributed by atoms with Gasteiger partial charge in [0.1, 0.15) is 11.6 Å². The van der Waals surface area contributed by atoms with Gasteiger partial charge in [0.05, 0.1) is 0 Å². The molecule has 17 heavy (non-hydrogen) atoms. The van der Waals surface area contributed by atoms with Gasteiger partial charge in [-0.25, -0.2) is 8.78 Å². The first-order chi connectivity index (χ1) is 8.09. The maximum Gasteiger partial charge on any atom is 0.129 e. The summed E-state index contributed by atoms with van der Waals surface area (Å²) in [5, 5.41) is 0. The van der Waals surface area contributed by atoms with Crippen LogP contribution in [0.5, 0.6) is 0 Å². The van der Waals surface area contributed by atoms with E-state index in [0.717, 1.165) is 31.6 Å². The van der Waals surface area contributed by atoms with E-state index in [0.29, 0.717) is 11.5 Å². The van der Waals surface area contributed by atoms with Crippen molar-refractivity contribution in [1.29, 1.82) is 0 Å². The van der Waals surface area contributed by atoms with Gasteiger partial charge in [-0.1, -0.05) is 19.9 Å². The van der Waals surface area contributed by atoms with Gasteiger partial charge in [-0.3, -0.25) is 0 Å². The van der Waals surface area contributed by atoms with Gasteiger partial charge in [-0.15, -0.1) is 0 Å². The summed E-state index contributed by atoms with van der Waals surface area (Å²) in [6.07, 6.45) is 4.02. The van der Waals surface area contributed by atoms with Crippen molar-refractivity contribution in [2.45, 2.75) is 45.4 Å². The Labute approximate surface area is 102 Å². The molecule has 1 fully saturated rings. The predicted molar refractivity (Wildman–Crippen MR) is 65.9 cm³/mol. The Kier molecular flexibility index (Phi) is 3.80. The van der Waals surface area contributed by atoms with Crippen LogP contribution in [0.3, 0.4) is 0 Å². The Morgan fingerprint density at radius 3 is 2.00 bits per heavy atom. The predicted octanol–water partition coefficient (Wildman–Crippen LogP) is 4.89. The van der Waals surface area contributed by atoms with E-state index in [4.69, 9.17) is 0 Å². The van der Waals surface area contributed by atoms with Crippen molar-refractivity contribution < 1.29 is 8.78 Å². The third-order valence-corrected chi connectivity index (χ3v) is 4.12. The molecule has 0 N–H and O–H groups in total. The molecule has 0 radical (unpaired) electrons. The van der Waals surface area contributed by atoms with Crippen LogP contribution in [0, 0.1) is 23.5 Å². The summed E-state index contributed by atoms with van der Waals surface area (Å²) in [7, 11) is 0. The van der Waals surface area contributed by atoms with Gasteiger partial charge >= 0.3 is 0 Å². The van der Waals surface area contributed by atoms with Crippen LogP contribution in [0.2, 0.25) is 0 Å². The first-order valence-electron chi connectivity index (χ1n) is 6.53. The summed E-state index contributed by atoms with van der Waals surface area (Å²) in [4.78, 5) is 0. The highest BCUT2D eigenvalue weighted by molar-refractivity contribution is 5.24. The van der Waals surface area contributed by atoms with Gasteiger partial charge in [0.25, 0.3) is 0 Å². The highest BCUT2D eigenvalue weighted by atomic mass is 19.1. The minimum atomic E-state index is -0.377. The van der Waals surface area contributed by atoms with E-state index in [1.165, 1.54) is 18.2 Å². The molecular formula is C15H20F2. The highest BCUT2D eigenvalue weighted by Gasteiger charge is 2.27. The van der Waals surface area contributed by atoms with Gasteiger partial charge in [0.2, 0.25) is 0 Å². The molecule has 1 aromatic rings. The second-order valence-electron chi connectivity index (χ2n) is 5.49. The van der Waals surface area contributed by atoms with Crippen LogP contribution < -0.4 is 0 Å². The molecule has 0 unspecified atom stereocenters. The summed E-state index contributed by atoms with van der Waals surface area (Å²) in [5.41, 5.74) is 0.315. The molecule has 0 saturated heterocycles. The zero-order chi connectivity index (χ0) is 12.4. The van der Waals surface area contributed by atoms with Crippen molar-refractivity contribution >= 4 is 0 Å². The topological polar surface area (TPSA) is 0 Å². The second-order valence-corrected chi connectivity index (χ2v) is 5.49. The lowest BCUT2D eigenvalue weighted by Crippen LogP contribution is -2.19. The van der Waals surface area contributed by atoms with Crippen molar-refractivity contribution in [3.63, 3.8) is 0 Å². The first kappa shape index (κ1) is 12.5. The SMILES string of the molecule is CC(C)C1CCC(c2c(F)cccc2F)CC1. The number of halogens is 2.